The maximum Gasteiger partial charge on any atom is 0.452 e. The minimum Gasteiger partial charge on any atom is -0.287 e. The van der Waals surface area contributed by atoms with Crippen LogP contribution in [-0.4, -0.2) is 31.9 Å². The van der Waals surface area contributed by atoms with E-state index < -0.39 is 27.0 Å². The molecule has 0 bridgehead atoms. The Morgan fingerprint density at radius 1 is 1.46 bits per heavy atom. The molecule has 0 saturated heterocycles. The molecule has 0 fully saturated rings. The van der Waals surface area contributed by atoms with Crippen molar-refractivity contribution in [2.75, 3.05) is 6.26 Å². The highest BCUT2D eigenvalue weighted by molar-refractivity contribution is 7.92. The highest BCUT2D eigenvalue weighted by atomic mass is 32.2. The topological polar surface area (TPSA) is 75.0 Å². The Kier molecular flexibility index (Phi) is 3.05. The molecule has 0 aliphatic carbocycles. The van der Waals surface area contributed by atoms with Crippen LogP contribution in [0.5, 0.6) is 0 Å². The van der Waals surface area contributed by atoms with E-state index in [1.54, 1.807) is 0 Å². The number of alkyl halides is 3. The molecule has 0 aliphatic rings. The number of nitriles is 1. The summed E-state index contributed by atoms with van der Waals surface area (Å²) in [4.78, 5) is 10.3. The van der Waals surface area contributed by atoms with Crippen LogP contribution in [0.25, 0.3) is 0 Å². The predicted molar refractivity (Wildman–Crippen MR) is 35.3 cm³/mol. The second kappa shape index (κ2) is 3.33. The van der Waals surface area contributed by atoms with Crippen LogP contribution in [0.1, 0.15) is 0 Å². The highest BCUT2D eigenvalue weighted by Gasteiger charge is 2.47. The molecule has 0 aliphatic heterocycles. The molecule has 74 valence electrons. The summed E-state index contributed by atoms with van der Waals surface area (Å²) in [5, 5.41) is 5.39. The zero-order valence-electron chi connectivity index (χ0n) is 6.29. The number of hydrogen-bond donors (Lipinski definition) is 0. The van der Waals surface area contributed by atoms with Crippen molar-refractivity contribution < 1.29 is 26.4 Å². The molecule has 1 unspecified atom stereocenters. The average molecular weight is 215 g/mol. The van der Waals surface area contributed by atoms with Gasteiger partial charge in [-0.25, -0.2) is 8.42 Å². The van der Waals surface area contributed by atoms with Gasteiger partial charge in [0.2, 0.25) is 5.25 Å². The second-order valence-electron chi connectivity index (χ2n) is 2.20. The largest absolute Gasteiger partial charge is 0.452 e. The van der Waals surface area contributed by atoms with Gasteiger partial charge in [-0.05, 0) is 0 Å². The van der Waals surface area contributed by atoms with E-state index in [1.165, 1.54) is 0 Å². The number of sulfone groups is 1. The molecule has 0 radical (unpaired) electrons. The van der Waals surface area contributed by atoms with E-state index in [2.05, 4.69) is 0 Å². The number of carbonyl (C=O) groups excluding carboxylic acids is 1. The van der Waals surface area contributed by atoms with Crippen LogP contribution in [0.4, 0.5) is 13.2 Å². The SMILES string of the molecule is CS(=O)(=O)C(C#N)C(=O)C(F)(F)F. The van der Waals surface area contributed by atoms with Gasteiger partial charge < -0.3 is 0 Å². The van der Waals surface area contributed by atoms with E-state index in [0.29, 0.717) is 6.26 Å². The van der Waals surface area contributed by atoms with Crippen LogP contribution in [0.15, 0.2) is 0 Å². The lowest BCUT2D eigenvalue weighted by Crippen LogP contribution is -2.38. The molecule has 0 aromatic carbocycles. The summed E-state index contributed by atoms with van der Waals surface area (Å²) >= 11 is 0. The van der Waals surface area contributed by atoms with Gasteiger partial charge in [-0.15, -0.1) is 0 Å². The lowest BCUT2D eigenvalue weighted by Gasteiger charge is -2.07. The first-order valence-electron chi connectivity index (χ1n) is 2.80. The molecule has 0 amide bonds. The van der Waals surface area contributed by atoms with Crippen molar-refractivity contribution in [1.29, 1.82) is 5.26 Å². The summed E-state index contributed by atoms with van der Waals surface area (Å²) in [6.45, 7) is 0. The third-order valence-electron chi connectivity index (χ3n) is 1.06. The minimum atomic E-state index is -5.30. The predicted octanol–water partition coefficient (Wildman–Crippen LogP) is 0.0546. The summed E-state index contributed by atoms with van der Waals surface area (Å²) in [5.74, 6) is -2.56. The number of ketones is 1. The molecule has 0 saturated carbocycles. The van der Waals surface area contributed by atoms with Crippen molar-refractivity contribution in [2.24, 2.45) is 0 Å². The third kappa shape index (κ3) is 3.02. The van der Waals surface area contributed by atoms with E-state index in [9.17, 15) is 26.4 Å². The van der Waals surface area contributed by atoms with Crippen LogP contribution in [0.2, 0.25) is 0 Å². The molecule has 0 aromatic heterocycles. The summed E-state index contributed by atoms with van der Waals surface area (Å²) in [7, 11) is -4.33. The van der Waals surface area contributed by atoms with Gasteiger partial charge in [-0.2, -0.15) is 18.4 Å². The van der Waals surface area contributed by atoms with Crippen LogP contribution >= 0.6 is 0 Å². The molecule has 0 N–H and O–H groups in total. The molecule has 1 atom stereocenters. The van der Waals surface area contributed by atoms with Crippen molar-refractivity contribution in [1.82, 2.24) is 0 Å². The number of rotatable bonds is 2. The lowest BCUT2D eigenvalue weighted by molar-refractivity contribution is -0.169. The van der Waals surface area contributed by atoms with Crippen molar-refractivity contribution in [2.45, 2.75) is 11.4 Å². The highest BCUT2D eigenvalue weighted by Crippen LogP contribution is 2.20. The van der Waals surface area contributed by atoms with Crippen LogP contribution in [0.3, 0.4) is 0 Å². The first kappa shape index (κ1) is 11.9. The molecular weight excluding hydrogens is 211 g/mol. The third-order valence-corrected chi connectivity index (χ3v) is 2.24. The van der Waals surface area contributed by atoms with Crippen molar-refractivity contribution >= 4 is 15.6 Å². The molecule has 0 heterocycles. The second-order valence-corrected chi connectivity index (χ2v) is 4.33. The Hall–Kier alpha value is -1.10. The standard InChI is InChI=1S/C5H4F3NO3S/c1-13(11,12)3(2-9)4(10)5(6,7)8/h3H,1H3. The van der Waals surface area contributed by atoms with Gasteiger partial charge in [0.15, 0.2) is 9.84 Å². The molecule has 4 nitrogen and oxygen atoms in total. The number of nitrogens with zero attached hydrogens (tertiary/aromatic N) is 1. The van der Waals surface area contributed by atoms with Crippen molar-refractivity contribution in [3.8, 4) is 6.07 Å². The monoisotopic (exact) mass is 215 g/mol. The molecule has 13 heavy (non-hydrogen) atoms. The van der Waals surface area contributed by atoms with Gasteiger partial charge in [0.05, 0.1) is 6.07 Å². The summed E-state index contributed by atoms with van der Waals surface area (Å²) in [5.41, 5.74) is 0. The maximum atomic E-state index is 11.7. The van der Waals surface area contributed by atoms with Crippen LogP contribution in [0, 0.1) is 11.3 Å². The minimum absolute atomic E-state index is 0.393. The Morgan fingerprint density at radius 3 is 1.92 bits per heavy atom. The van der Waals surface area contributed by atoms with Gasteiger partial charge in [-0.1, -0.05) is 0 Å². The average Bonchev–Trinajstić information content (AvgIpc) is 1.83. The number of carbonyl (C=O) groups is 1. The lowest BCUT2D eigenvalue weighted by atomic mass is 10.3. The Labute approximate surface area is 71.9 Å². The zero-order chi connectivity index (χ0) is 10.9. The summed E-state index contributed by atoms with van der Waals surface area (Å²) in [6.07, 6.45) is -4.91. The number of hydrogen-bond acceptors (Lipinski definition) is 4. The molecule has 0 spiro atoms. The molecule has 8 heteroatoms. The van der Waals surface area contributed by atoms with Crippen LogP contribution < -0.4 is 0 Å². The Morgan fingerprint density at radius 2 is 1.85 bits per heavy atom. The molecule has 0 rings (SSSR count). The Balaban J connectivity index is 5.10. The van der Waals surface area contributed by atoms with Crippen molar-refractivity contribution in [3.05, 3.63) is 0 Å². The first-order chi connectivity index (χ1) is 5.60. The van der Waals surface area contributed by atoms with E-state index >= 15 is 0 Å². The number of Topliss-reactive ketones (excluding diaryl/α,β-unsaturated/α-hetero) is 1. The normalized spacial score (nSPS) is 14.7. The van der Waals surface area contributed by atoms with E-state index in [0.717, 1.165) is 6.07 Å². The number of halogens is 3. The summed E-state index contributed by atoms with van der Waals surface area (Å²) < 4.78 is 56.0. The Bertz CT molecular complexity index is 350. The van der Waals surface area contributed by atoms with E-state index in [-0.39, 0.29) is 0 Å². The van der Waals surface area contributed by atoms with Gasteiger partial charge in [0.25, 0.3) is 5.78 Å². The molecular formula is C5H4F3NO3S. The van der Waals surface area contributed by atoms with E-state index in [1.807, 2.05) is 0 Å². The molecule has 0 aromatic rings. The van der Waals surface area contributed by atoms with Crippen LogP contribution in [-0.2, 0) is 14.6 Å². The van der Waals surface area contributed by atoms with Gasteiger partial charge in [0.1, 0.15) is 0 Å². The van der Waals surface area contributed by atoms with Crippen molar-refractivity contribution in [3.63, 3.8) is 0 Å². The van der Waals surface area contributed by atoms with Gasteiger partial charge >= 0.3 is 6.18 Å². The fourth-order valence-corrected chi connectivity index (χ4v) is 1.21. The fraction of sp³-hybridized carbons (Fsp3) is 0.600. The van der Waals surface area contributed by atoms with Gasteiger partial charge in [-0.3, -0.25) is 4.79 Å². The zero-order valence-corrected chi connectivity index (χ0v) is 7.11. The quantitative estimate of drug-likeness (QED) is 0.652. The summed E-state index contributed by atoms with van der Waals surface area (Å²) in [6, 6.07) is 0.791. The van der Waals surface area contributed by atoms with Gasteiger partial charge in [0, 0.05) is 6.26 Å². The maximum absolute atomic E-state index is 11.7. The van der Waals surface area contributed by atoms with E-state index in [4.69, 9.17) is 5.26 Å². The fourth-order valence-electron chi connectivity index (χ4n) is 0.497. The first-order valence-corrected chi connectivity index (χ1v) is 4.75. The smallest absolute Gasteiger partial charge is 0.287 e.